The Morgan fingerprint density at radius 1 is 1.00 bits per heavy atom. The van der Waals surface area contributed by atoms with Crippen LogP contribution in [0.2, 0.25) is 5.02 Å². The molecule has 3 aromatic carbocycles. The van der Waals surface area contributed by atoms with Crippen LogP contribution < -0.4 is 4.74 Å². The van der Waals surface area contributed by atoms with Crippen LogP contribution in [0.15, 0.2) is 78.0 Å². The zero-order chi connectivity index (χ0) is 24.9. The van der Waals surface area contributed by atoms with Crippen molar-refractivity contribution in [3.05, 3.63) is 88.9 Å². The minimum atomic E-state index is -2.91. The molecule has 0 N–H and O–H groups in total. The van der Waals surface area contributed by atoms with Gasteiger partial charge < -0.3 is 4.74 Å². The number of para-hydroxylation sites is 1. The van der Waals surface area contributed by atoms with Crippen molar-refractivity contribution in [2.45, 2.75) is 31.5 Å². The molecule has 0 atom stereocenters. The van der Waals surface area contributed by atoms with E-state index in [9.17, 15) is 13.6 Å². The number of thioether (sulfide) groups is 1. The summed E-state index contributed by atoms with van der Waals surface area (Å²) in [6.07, 6.45) is 0. The van der Waals surface area contributed by atoms with Gasteiger partial charge in [0.2, 0.25) is 0 Å². The first-order chi connectivity index (χ1) is 16.8. The minimum absolute atomic E-state index is 0.00171. The maximum Gasteiger partial charge on any atom is 0.387 e. The molecule has 9 heteroatoms. The Labute approximate surface area is 211 Å². The molecule has 0 amide bonds. The SMILES string of the molecule is CC(C)c1ccccc1-n1c(SCC(=O)c2ccc(OC(F)F)cc2)nnc1-c1ccc(Cl)cc1. The van der Waals surface area contributed by atoms with E-state index in [4.69, 9.17) is 11.6 Å². The molecule has 0 spiro atoms. The van der Waals surface area contributed by atoms with E-state index >= 15 is 0 Å². The van der Waals surface area contributed by atoms with Crippen LogP contribution in [0.3, 0.4) is 0 Å². The van der Waals surface area contributed by atoms with Crippen LogP contribution >= 0.6 is 23.4 Å². The van der Waals surface area contributed by atoms with E-state index in [-0.39, 0.29) is 23.2 Å². The monoisotopic (exact) mass is 513 g/mol. The summed E-state index contributed by atoms with van der Waals surface area (Å²) >= 11 is 7.34. The van der Waals surface area contributed by atoms with E-state index in [0.717, 1.165) is 16.8 Å². The molecule has 180 valence electrons. The lowest BCUT2D eigenvalue weighted by molar-refractivity contribution is -0.0498. The third-order valence-corrected chi connectivity index (χ3v) is 6.45. The Bertz CT molecular complexity index is 1310. The molecule has 0 aliphatic carbocycles. The first-order valence-corrected chi connectivity index (χ1v) is 12.2. The molecule has 4 rings (SSSR count). The summed E-state index contributed by atoms with van der Waals surface area (Å²) in [5, 5.41) is 10.0. The molecule has 35 heavy (non-hydrogen) atoms. The van der Waals surface area contributed by atoms with Crippen molar-refractivity contribution in [3.8, 4) is 22.8 Å². The van der Waals surface area contributed by atoms with Crippen LogP contribution in [0.25, 0.3) is 17.1 Å². The number of halogens is 3. The van der Waals surface area contributed by atoms with E-state index in [1.165, 1.54) is 36.0 Å². The van der Waals surface area contributed by atoms with E-state index in [2.05, 4.69) is 34.8 Å². The fraction of sp³-hybridized carbons (Fsp3) is 0.192. The first kappa shape index (κ1) is 24.9. The zero-order valence-electron chi connectivity index (χ0n) is 19.0. The lowest BCUT2D eigenvalue weighted by atomic mass is 10.0. The van der Waals surface area contributed by atoms with Gasteiger partial charge >= 0.3 is 6.61 Å². The second-order valence-corrected chi connectivity index (χ2v) is 9.36. The van der Waals surface area contributed by atoms with Crippen LogP contribution in [0.1, 0.15) is 35.7 Å². The summed E-state index contributed by atoms with van der Waals surface area (Å²) in [6, 6.07) is 21.0. The molecule has 5 nitrogen and oxygen atoms in total. The van der Waals surface area contributed by atoms with Crippen molar-refractivity contribution in [2.75, 3.05) is 5.75 Å². The van der Waals surface area contributed by atoms with Gasteiger partial charge in [0.15, 0.2) is 16.8 Å². The van der Waals surface area contributed by atoms with Crippen LogP contribution in [-0.2, 0) is 0 Å². The zero-order valence-corrected chi connectivity index (χ0v) is 20.6. The van der Waals surface area contributed by atoms with Crippen molar-refractivity contribution in [1.82, 2.24) is 14.8 Å². The molecule has 0 fully saturated rings. The number of aromatic nitrogens is 3. The number of ketones is 1. The number of alkyl halides is 2. The number of carbonyl (C=O) groups excluding carboxylic acids is 1. The van der Waals surface area contributed by atoms with Crippen molar-refractivity contribution in [3.63, 3.8) is 0 Å². The average molecular weight is 514 g/mol. The van der Waals surface area contributed by atoms with Gasteiger partial charge in [0.25, 0.3) is 0 Å². The van der Waals surface area contributed by atoms with E-state index in [1.807, 2.05) is 34.9 Å². The predicted octanol–water partition coefficient (Wildman–Crippen LogP) is 7.29. The Kier molecular flexibility index (Phi) is 7.83. The third-order valence-electron chi connectivity index (χ3n) is 5.27. The third kappa shape index (κ3) is 5.89. The molecule has 0 saturated heterocycles. The van der Waals surface area contributed by atoms with E-state index in [1.54, 1.807) is 12.1 Å². The molecule has 1 aromatic heterocycles. The van der Waals surface area contributed by atoms with Gasteiger partial charge in [-0.3, -0.25) is 9.36 Å². The highest BCUT2D eigenvalue weighted by Crippen LogP contribution is 2.33. The minimum Gasteiger partial charge on any atom is -0.435 e. The van der Waals surface area contributed by atoms with Crippen molar-refractivity contribution in [1.29, 1.82) is 0 Å². The largest absolute Gasteiger partial charge is 0.435 e. The summed E-state index contributed by atoms with van der Waals surface area (Å²) in [5.74, 6) is 0.816. The topological polar surface area (TPSA) is 57.0 Å². The second-order valence-electron chi connectivity index (χ2n) is 7.98. The smallest absolute Gasteiger partial charge is 0.387 e. The molecule has 0 radical (unpaired) electrons. The van der Waals surface area contributed by atoms with Gasteiger partial charge in [-0.25, -0.2) is 0 Å². The molecular formula is C26H22ClF2N3O2S. The number of nitrogens with zero attached hydrogens (tertiary/aromatic N) is 3. The average Bonchev–Trinajstić information content (AvgIpc) is 3.26. The quantitative estimate of drug-likeness (QED) is 0.174. The van der Waals surface area contributed by atoms with Crippen LogP contribution in [0.5, 0.6) is 5.75 Å². The highest BCUT2D eigenvalue weighted by atomic mass is 35.5. The van der Waals surface area contributed by atoms with Gasteiger partial charge in [0, 0.05) is 16.1 Å². The van der Waals surface area contributed by atoms with Gasteiger partial charge in [-0.1, -0.05) is 55.4 Å². The van der Waals surface area contributed by atoms with Crippen LogP contribution in [0, 0.1) is 0 Å². The second kappa shape index (κ2) is 11.0. The van der Waals surface area contributed by atoms with Crippen LogP contribution in [-0.4, -0.2) is 32.9 Å². The first-order valence-electron chi connectivity index (χ1n) is 10.8. The summed E-state index contributed by atoms with van der Waals surface area (Å²) in [6.45, 7) is 1.31. The van der Waals surface area contributed by atoms with Crippen molar-refractivity contribution < 1.29 is 18.3 Å². The Morgan fingerprint density at radius 3 is 2.34 bits per heavy atom. The van der Waals surface area contributed by atoms with Crippen LogP contribution in [0.4, 0.5) is 8.78 Å². The molecule has 0 aliphatic rings. The Morgan fingerprint density at radius 2 is 1.69 bits per heavy atom. The lowest BCUT2D eigenvalue weighted by Gasteiger charge is -2.17. The molecule has 1 heterocycles. The number of rotatable bonds is 9. The normalized spacial score (nSPS) is 11.3. The van der Waals surface area contributed by atoms with Gasteiger partial charge in [-0.2, -0.15) is 8.78 Å². The van der Waals surface area contributed by atoms with Gasteiger partial charge in [-0.15, -0.1) is 10.2 Å². The van der Waals surface area contributed by atoms with Gasteiger partial charge in [-0.05, 0) is 66.1 Å². The Hall–Kier alpha value is -3.23. The van der Waals surface area contributed by atoms with Gasteiger partial charge in [0.05, 0.1) is 11.4 Å². The van der Waals surface area contributed by atoms with Crippen molar-refractivity contribution >= 4 is 29.1 Å². The maximum atomic E-state index is 12.8. The molecule has 0 aliphatic heterocycles. The molecular weight excluding hydrogens is 492 g/mol. The molecule has 0 bridgehead atoms. The standard InChI is InChI=1S/C26H22ClF2N3O2S/c1-16(2)21-5-3-4-6-22(21)32-24(18-7-11-19(27)12-8-18)30-31-26(32)35-15-23(33)17-9-13-20(14-10-17)34-25(28)29/h3-14,16,25H,15H2,1-2H3. The number of carbonyl (C=O) groups is 1. The number of hydrogen-bond donors (Lipinski definition) is 0. The number of benzene rings is 3. The molecule has 0 saturated carbocycles. The Balaban J connectivity index is 1.65. The van der Waals surface area contributed by atoms with Gasteiger partial charge in [0.1, 0.15) is 5.75 Å². The summed E-state index contributed by atoms with van der Waals surface area (Å²) in [4.78, 5) is 12.8. The number of ether oxygens (including phenoxy) is 1. The molecule has 0 unspecified atom stereocenters. The predicted molar refractivity (Wildman–Crippen MR) is 134 cm³/mol. The number of Topliss-reactive ketones (excluding diaryl/α,β-unsaturated/α-hetero) is 1. The van der Waals surface area contributed by atoms with E-state index < -0.39 is 6.61 Å². The molecule has 4 aromatic rings. The highest BCUT2D eigenvalue weighted by Gasteiger charge is 2.20. The maximum absolute atomic E-state index is 12.8. The lowest BCUT2D eigenvalue weighted by Crippen LogP contribution is -2.07. The summed E-state index contributed by atoms with van der Waals surface area (Å²) in [5.41, 5.74) is 3.28. The van der Waals surface area contributed by atoms with Crippen molar-refractivity contribution in [2.24, 2.45) is 0 Å². The summed E-state index contributed by atoms with van der Waals surface area (Å²) < 4.78 is 31.0. The fourth-order valence-corrected chi connectivity index (χ4v) is 4.55. The van der Waals surface area contributed by atoms with E-state index in [0.29, 0.717) is 21.6 Å². The highest BCUT2D eigenvalue weighted by molar-refractivity contribution is 7.99. The summed E-state index contributed by atoms with van der Waals surface area (Å²) in [7, 11) is 0. The number of hydrogen-bond acceptors (Lipinski definition) is 5. The fourth-order valence-electron chi connectivity index (χ4n) is 3.58.